The van der Waals surface area contributed by atoms with Gasteiger partial charge in [-0.1, -0.05) is 24.3 Å². The van der Waals surface area contributed by atoms with E-state index in [-0.39, 0.29) is 17.6 Å². The minimum Gasteiger partial charge on any atom is -0.493 e. The average molecular weight is 386 g/mol. The molecule has 1 saturated heterocycles. The van der Waals surface area contributed by atoms with Gasteiger partial charge in [0.25, 0.3) is 0 Å². The second kappa shape index (κ2) is 9.55. The van der Waals surface area contributed by atoms with Gasteiger partial charge in [0.2, 0.25) is 5.91 Å². The second-order valence-corrected chi connectivity index (χ2v) is 7.07. The monoisotopic (exact) mass is 386 g/mol. The number of benzene rings is 2. The molecule has 1 aliphatic rings. The summed E-state index contributed by atoms with van der Waals surface area (Å²) < 4.78 is 24.1. The zero-order chi connectivity index (χ0) is 19.9. The molecule has 2 aromatic rings. The lowest BCUT2D eigenvalue weighted by molar-refractivity contribution is -0.126. The molecule has 28 heavy (non-hydrogen) atoms. The van der Waals surface area contributed by atoms with E-state index in [2.05, 4.69) is 10.2 Å². The number of nitrogens with zero attached hydrogens (tertiary/aromatic N) is 1. The predicted molar refractivity (Wildman–Crippen MR) is 106 cm³/mol. The summed E-state index contributed by atoms with van der Waals surface area (Å²) in [5.41, 5.74) is 1.81. The van der Waals surface area contributed by atoms with Crippen LogP contribution in [0.4, 0.5) is 4.39 Å². The van der Waals surface area contributed by atoms with Crippen LogP contribution in [-0.2, 0) is 17.9 Å². The summed E-state index contributed by atoms with van der Waals surface area (Å²) in [6, 6.07) is 12.3. The van der Waals surface area contributed by atoms with E-state index in [4.69, 9.17) is 9.47 Å². The molecule has 0 bridgehead atoms. The first-order valence-corrected chi connectivity index (χ1v) is 9.55. The fraction of sp³-hybridized carbons (Fsp3) is 0.409. The lowest BCUT2D eigenvalue weighted by Crippen LogP contribution is -2.42. The Labute approximate surface area is 165 Å². The van der Waals surface area contributed by atoms with E-state index in [9.17, 15) is 9.18 Å². The summed E-state index contributed by atoms with van der Waals surface area (Å²) in [6.07, 6.45) is 1.82. The van der Waals surface area contributed by atoms with Crippen molar-refractivity contribution in [1.82, 2.24) is 10.2 Å². The Morgan fingerprint density at radius 2 is 2.04 bits per heavy atom. The number of likely N-dealkylation sites (tertiary alicyclic amines) is 1. The molecule has 1 heterocycles. The first-order chi connectivity index (χ1) is 13.6. The van der Waals surface area contributed by atoms with E-state index in [0.717, 1.165) is 30.5 Å². The minimum atomic E-state index is -0.226. The van der Waals surface area contributed by atoms with Crippen LogP contribution in [0.1, 0.15) is 24.0 Å². The maximum absolute atomic E-state index is 13.4. The molecular weight excluding hydrogens is 359 g/mol. The Kier molecular flexibility index (Phi) is 6.87. The number of hydrogen-bond acceptors (Lipinski definition) is 4. The molecule has 5 nitrogen and oxygen atoms in total. The van der Waals surface area contributed by atoms with Crippen molar-refractivity contribution in [3.8, 4) is 11.5 Å². The van der Waals surface area contributed by atoms with Crippen LogP contribution < -0.4 is 14.8 Å². The Morgan fingerprint density at radius 3 is 2.79 bits per heavy atom. The van der Waals surface area contributed by atoms with Crippen LogP contribution in [0.3, 0.4) is 0 Å². The molecule has 0 spiro atoms. The van der Waals surface area contributed by atoms with Gasteiger partial charge in [-0.05, 0) is 43.1 Å². The van der Waals surface area contributed by atoms with Gasteiger partial charge in [-0.2, -0.15) is 0 Å². The number of piperidine rings is 1. The number of amides is 1. The van der Waals surface area contributed by atoms with E-state index in [1.54, 1.807) is 26.4 Å². The van der Waals surface area contributed by atoms with Gasteiger partial charge in [-0.15, -0.1) is 0 Å². The van der Waals surface area contributed by atoms with Crippen LogP contribution in [0.5, 0.6) is 11.5 Å². The molecule has 1 unspecified atom stereocenters. The smallest absolute Gasteiger partial charge is 0.224 e. The van der Waals surface area contributed by atoms with Crippen molar-refractivity contribution < 1.29 is 18.7 Å². The molecule has 150 valence electrons. The van der Waals surface area contributed by atoms with E-state index in [1.807, 2.05) is 24.3 Å². The average Bonchev–Trinajstić information content (AvgIpc) is 2.71. The Morgan fingerprint density at radius 1 is 1.21 bits per heavy atom. The Hall–Kier alpha value is -2.60. The highest BCUT2D eigenvalue weighted by Crippen LogP contribution is 2.30. The van der Waals surface area contributed by atoms with Crippen LogP contribution >= 0.6 is 0 Å². The number of carbonyl (C=O) groups is 1. The van der Waals surface area contributed by atoms with E-state index < -0.39 is 0 Å². The molecule has 3 rings (SSSR count). The molecule has 0 radical (unpaired) electrons. The number of para-hydroxylation sites is 1. The van der Waals surface area contributed by atoms with Gasteiger partial charge in [0.15, 0.2) is 11.5 Å². The molecule has 0 aliphatic carbocycles. The zero-order valence-corrected chi connectivity index (χ0v) is 16.4. The third-order valence-electron chi connectivity index (χ3n) is 5.11. The largest absolute Gasteiger partial charge is 0.493 e. The fourth-order valence-electron chi connectivity index (χ4n) is 3.73. The summed E-state index contributed by atoms with van der Waals surface area (Å²) in [5, 5.41) is 3.03. The third kappa shape index (κ3) is 5.01. The van der Waals surface area contributed by atoms with Crippen molar-refractivity contribution in [3.05, 3.63) is 59.4 Å². The minimum absolute atomic E-state index is 0.0359. The Balaban J connectivity index is 1.57. The lowest BCUT2D eigenvalue weighted by Gasteiger charge is -2.32. The van der Waals surface area contributed by atoms with Crippen molar-refractivity contribution >= 4 is 5.91 Å². The number of ether oxygens (including phenoxy) is 2. The molecule has 0 saturated carbocycles. The van der Waals surface area contributed by atoms with Crippen LogP contribution in [0.25, 0.3) is 0 Å². The lowest BCUT2D eigenvalue weighted by atomic mass is 9.96. The van der Waals surface area contributed by atoms with Gasteiger partial charge in [-0.3, -0.25) is 9.69 Å². The topological polar surface area (TPSA) is 50.8 Å². The molecule has 1 atom stereocenters. The Bertz CT molecular complexity index is 812. The molecule has 1 amide bonds. The number of rotatable bonds is 7. The molecule has 6 heteroatoms. The van der Waals surface area contributed by atoms with Crippen LogP contribution in [0.15, 0.2) is 42.5 Å². The summed E-state index contributed by atoms with van der Waals surface area (Å²) in [7, 11) is 3.18. The quantitative estimate of drug-likeness (QED) is 0.793. The first kappa shape index (κ1) is 20.1. The van der Waals surface area contributed by atoms with Crippen LogP contribution in [-0.4, -0.2) is 38.1 Å². The summed E-state index contributed by atoms with van der Waals surface area (Å²) in [4.78, 5) is 14.9. The summed E-state index contributed by atoms with van der Waals surface area (Å²) >= 11 is 0. The predicted octanol–water partition coefficient (Wildman–Crippen LogP) is 3.37. The maximum Gasteiger partial charge on any atom is 0.224 e. The van der Waals surface area contributed by atoms with E-state index >= 15 is 0 Å². The van der Waals surface area contributed by atoms with Crippen LogP contribution in [0, 0.1) is 11.7 Å². The number of nitrogens with one attached hydrogen (secondary N) is 1. The van der Waals surface area contributed by atoms with Crippen LogP contribution in [0.2, 0.25) is 0 Å². The van der Waals surface area contributed by atoms with Crippen molar-refractivity contribution in [3.63, 3.8) is 0 Å². The van der Waals surface area contributed by atoms with Crippen molar-refractivity contribution in [2.75, 3.05) is 27.3 Å². The third-order valence-corrected chi connectivity index (χ3v) is 5.11. The zero-order valence-electron chi connectivity index (χ0n) is 16.4. The van der Waals surface area contributed by atoms with Gasteiger partial charge < -0.3 is 14.8 Å². The number of methoxy groups -OCH3 is 2. The fourth-order valence-corrected chi connectivity index (χ4v) is 3.73. The van der Waals surface area contributed by atoms with Gasteiger partial charge in [0.1, 0.15) is 5.82 Å². The van der Waals surface area contributed by atoms with Crippen molar-refractivity contribution in [2.45, 2.75) is 25.9 Å². The van der Waals surface area contributed by atoms with Crippen molar-refractivity contribution in [2.24, 2.45) is 5.92 Å². The highest BCUT2D eigenvalue weighted by molar-refractivity contribution is 5.79. The normalized spacial score (nSPS) is 17.2. The number of hydrogen-bond donors (Lipinski definition) is 1. The molecule has 1 fully saturated rings. The molecule has 1 N–H and O–H groups in total. The maximum atomic E-state index is 13.4. The summed E-state index contributed by atoms with van der Waals surface area (Å²) in [5.74, 6) is 1.03. The second-order valence-electron chi connectivity index (χ2n) is 7.07. The SMILES string of the molecule is COc1cccc(CNC(=O)C2CCCN(Cc3cccc(F)c3)C2)c1OC. The summed E-state index contributed by atoms with van der Waals surface area (Å²) in [6.45, 7) is 2.65. The van der Waals surface area contributed by atoms with E-state index in [0.29, 0.717) is 31.1 Å². The van der Waals surface area contributed by atoms with Gasteiger partial charge >= 0.3 is 0 Å². The van der Waals surface area contributed by atoms with Gasteiger partial charge in [0.05, 0.1) is 20.1 Å². The molecule has 0 aromatic heterocycles. The first-order valence-electron chi connectivity index (χ1n) is 9.55. The molecule has 1 aliphatic heterocycles. The molecule has 2 aromatic carbocycles. The molecular formula is C22H27FN2O3. The van der Waals surface area contributed by atoms with Gasteiger partial charge in [0, 0.05) is 25.2 Å². The highest BCUT2D eigenvalue weighted by atomic mass is 19.1. The van der Waals surface area contributed by atoms with Gasteiger partial charge in [-0.25, -0.2) is 4.39 Å². The van der Waals surface area contributed by atoms with E-state index in [1.165, 1.54) is 6.07 Å². The standard InChI is InChI=1S/C22H27FN2O3/c1-27-20-10-4-7-17(21(20)28-2)13-24-22(26)18-8-5-11-25(15-18)14-16-6-3-9-19(23)12-16/h3-4,6-7,9-10,12,18H,5,8,11,13-15H2,1-2H3,(H,24,26). The highest BCUT2D eigenvalue weighted by Gasteiger charge is 2.26. The van der Waals surface area contributed by atoms with Crippen molar-refractivity contribution in [1.29, 1.82) is 0 Å². The number of halogens is 1. The number of carbonyl (C=O) groups excluding carboxylic acids is 1.